The first-order chi connectivity index (χ1) is 9.50. The van der Waals surface area contributed by atoms with Gasteiger partial charge in [0.15, 0.2) is 0 Å². The lowest BCUT2D eigenvalue weighted by molar-refractivity contribution is -0.137. The highest BCUT2D eigenvalue weighted by molar-refractivity contribution is 5.53. The van der Waals surface area contributed by atoms with Gasteiger partial charge in [0.2, 0.25) is 0 Å². The molecule has 2 aromatic carbocycles. The Balaban J connectivity index is 2.17. The fourth-order valence-corrected chi connectivity index (χ4v) is 1.79. The molecule has 0 aliphatic carbocycles. The van der Waals surface area contributed by atoms with Gasteiger partial charge in [-0.25, -0.2) is 0 Å². The maximum atomic E-state index is 12.6. The van der Waals surface area contributed by atoms with Crippen molar-refractivity contribution in [2.24, 2.45) is 0 Å². The summed E-state index contributed by atoms with van der Waals surface area (Å²) in [5.41, 5.74) is 0.199. The summed E-state index contributed by atoms with van der Waals surface area (Å²) in [5, 5.41) is 11.8. The van der Waals surface area contributed by atoms with Crippen LogP contribution >= 0.6 is 0 Å². The summed E-state index contributed by atoms with van der Waals surface area (Å²) in [7, 11) is 0. The highest BCUT2D eigenvalue weighted by atomic mass is 19.4. The van der Waals surface area contributed by atoms with Crippen molar-refractivity contribution in [2.45, 2.75) is 12.7 Å². The van der Waals surface area contributed by atoms with Crippen molar-refractivity contribution in [3.63, 3.8) is 0 Å². The second-order valence-corrected chi connectivity index (χ2v) is 4.21. The van der Waals surface area contributed by atoms with Gasteiger partial charge >= 0.3 is 6.18 Å². The lowest BCUT2D eigenvalue weighted by Gasteiger charge is -2.11. The van der Waals surface area contributed by atoms with Crippen molar-refractivity contribution in [1.82, 2.24) is 0 Å². The molecule has 0 saturated heterocycles. The Morgan fingerprint density at radius 2 is 1.75 bits per heavy atom. The number of anilines is 1. The number of nitrogens with one attached hydrogen (secondary N) is 1. The van der Waals surface area contributed by atoms with E-state index in [1.54, 1.807) is 6.07 Å². The van der Waals surface area contributed by atoms with Gasteiger partial charge < -0.3 is 5.32 Å². The molecule has 0 unspecified atom stereocenters. The number of rotatable bonds is 3. The normalized spacial score (nSPS) is 10.9. The molecule has 0 radical (unpaired) electrons. The highest BCUT2D eigenvalue weighted by Crippen LogP contribution is 2.33. The molecule has 0 spiro atoms. The smallest absolute Gasteiger partial charge is 0.381 e. The van der Waals surface area contributed by atoms with Crippen molar-refractivity contribution in [2.75, 3.05) is 5.32 Å². The molecule has 2 aromatic rings. The maximum absolute atomic E-state index is 12.6. The van der Waals surface area contributed by atoms with Gasteiger partial charge in [-0.3, -0.25) is 0 Å². The average Bonchev–Trinajstić information content (AvgIpc) is 2.45. The van der Waals surface area contributed by atoms with E-state index >= 15 is 0 Å². The number of halogens is 3. The SMILES string of the molecule is N#Cc1cc(NCc2ccccc2)ccc1C(F)(F)F. The molecule has 0 amide bonds. The van der Waals surface area contributed by atoms with Gasteiger partial charge in [0, 0.05) is 12.2 Å². The molecule has 0 saturated carbocycles. The first-order valence-electron chi connectivity index (χ1n) is 5.90. The lowest BCUT2D eigenvalue weighted by Crippen LogP contribution is -2.08. The van der Waals surface area contributed by atoms with E-state index in [9.17, 15) is 13.2 Å². The zero-order chi connectivity index (χ0) is 14.6. The van der Waals surface area contributed by atoms with E-state index in [0.717, 1.165) is 11.6 Å². The first kappa shape index (κ1) is 13.9. The largest absolute Gasteiger partial charge is 0.417 e. The van der Waals surface area contributed by atoms with Crippen LogP contribution in [0.1, 0.15) is 16.7 Å². The molecule has 0 aliphatic heterocycles. The van der Waals surface area contributed by atoms with Gasteiger partial charge in [0.25, 0.3) is 0 Å². The summed E-state index contributed by atoms with van der Waals surface area (Å²) in [6, 6.07) is 14.5. The minimum Gasteiger partial charge on any atom is -0.381 e. The second kappa shape index (κ2) is 5.66. The van der Waals surface area contributed by atoms with Crippen LogP contribution in [0.15, 0.2) is 48.5 Å². The fraction of sp³-hybridized carbons (Fsp3) is 0.133. The lowest BCUT2D eigenvalue weighted by atomic mass is 10.1. The summed E-state index contributed by atoms with van der Waals surface area (Å²) >= 11 is 0. The molecule has 0 bridgehead atoms. The van der Waals surface area contributed by atoms with E-state index in [2.05, 4.69) is 5.32 Å². The van der Waals surface area contributed by atoms with Crippen LogP contribution in [-0.2, 0) is 12.7 Å². The van der Waals surface area contributed by atoms with E-state index in [0.29, 0.717) is 12.2 Å². The molecule has 0 fully saturated rings. The molecule has 0 aromatic heterocycles. The number of alkyl halides is 3. The summed E-state index contributed by atoms with van der Waals surface area (Å²) in [6.07, 6.45) is -4.51. The van der Waals surface area contributed by atoms with Crippen molar-refractivity contribution in [3.8, 4) is 6.07 Å². The zero-order valence-electron chi connectivity index (χ0n) is 10.4. The Morgan fingerprint density at radius 3 is 2.35 bits per heavy atom. The van der Waals surface area contributed by atoms with Gasteiger partial charge in [-0.05, 0) is 23.8 Å². The quantitative estimate of drug-likeness (QED) is 0.912. The van der Waals surface area contributed by atoms with Crippen molar-refractivity contribution in [1.29, 1.82) is 5.26 Å². The number of nitriles is 1. The van der Waals surface area contributed by atoms with Crippen LogP contribution in [0.2, 0.25) is 0 Å². The standard InChI is InChI=1S/C15H11F3N2/c16-15(17,18)14-7-6-13(8-12(14)9-19)20-10-11-4-2-1-3-5-11/h1-8,20H,10H2. The Kier molecular flexibility index (Phi) is 3.94. The molecule has 102 valence electrons. The molecule has 20 heavy (non-hydrogen) atoms. The number of hydrogen-bond acceptors (Lipinski definition) is 2. The topological polar surface area (TPSA) is 35.8 Å². The predicted octanol–water partition coefficient (Wildman–Crippen LogP) is 4.19. The van der Waals surface area contributed by atoms with E-state index in [4.69, 9.17) is 5.26 Å². The van der Waals surface area contributed by atoms with Gasteiger partial charge in [-0.15, -0.1) is 0 Å². The van der Waals surface area contributed by atoms with Crippen LogP contribution < -0.4 is 5.32 Å². The van der Waals surface area contributed by atoms with Crippen LogP contribution in [0.3, 0.4) is 0 Å². The van der Waals surface area contributed by atoms with Crippen LogP contribution in [0.4, 0.5) is 18.9 Å². The average molecular weight is 276 g/mol. The van der Waals surface area contributed by atoms with Gasteiger partial charge in [0.1, 0.15) is 0 Å². The molecular weight excluding hydrogens is 265 g/mol. The monoisotopic (exact) mass is 276 g/mol. The summed E-state index contributed by atoms with van der Waals surface area (Å²) in [5.74, 6) is 0. The van der Waals surface area contributed by atoms with E-state index in [-0.39, 0.29) is 5.56 Å². The number of hydrogen-bond donors (Lipinski definition) is 1. The number of benzene rings is 2. The van der Waals surface area contributed by atoms with Crippen LogP contribution in [0.5, 0.6) is 0 Å². The Morgan fingerprint density at radius 1 is 1.05 bits per heavy atom. The van der Waals surface area contributed by atoms with Crippen molar-refractivity contribution >= 4 is 5.69 Å². The molecule has 0 heterocycles. The molecule has 2 rings (SSSR count). The first-order valence-corrected chi connectivity index (χ1v) is 5.90. The van der Waals surface area contributed by atoms with Gasteiger partial charge in [0.05, 0.1) is 17.2 Å². The Bertz CT molecular complexity index is 628. The van der Waals surface area contributed by atoms with E-state index in [1.165, 1.54) is 12.1 Å². The molecule has 2 nitrogen and oxygen atoms in total. The van der Waals surface area contributed by atoms with Crippen LogP contribution in [-0.4, -0.2) is 0 Å². The van der Waals surface area contributed by atoms with Crippen molar-refractivity contribution in [3.05, 3.63) is 65.2 Å². The fourth-order valence-electron chi connectivity index (χ4n) is 1.79. The van der Waals surface area contributed by atoms with Crippen LogP contribution in [0.25, 0.3) is 0 Å². The zero-order valence-corrected chi connectivity index (χ0v) is 10.4. The molecule has 5 heteroatoms. The summed E-state index contributed by atoms with van der Waals surface area (Å²) < 4.78 is 37.9. The highest BCUT2D eigenvalue weighted by Gasteiger charge is 2.33. The van der Waals surface area contributed by atoms with E-state index < -0.39 is 11.7 Å². The summed E-state index contributed by atoms with van der Waals surface area (Å²) in [6.45, 7) is 0.483. The van der Waals surface area contributed by atoms with Crippen molar-refractivity contribution < 1.29 is 13.2 Å². The van der Waals surface area contributed by atoms with Gasteiger partial charge in [-0.2, -0.15) is 18.4 Å². The second-order valence-electron chi connectivity index (χ2n) is 4.21. The third-order valence-electron chi connectivity index (χ3n) is 2.78. The third kappa shape index (κ3) is 3.29. The van der Waals surface area contributed by atoms with E-state index in [1.807, 2.05) is 30.3 Å². The molecular formula is C15H11F3N2. The third-order valence-corrected chi connectivity index (χ3v) is 2.78. The Hall–Kier alpha value is -2.48. The minimum atomic E-state index is -4.51. The number of nitrogens with zero attached hydrogens (tertiary/aromatic N) is 1. The van der Waals surface area contributed by atoms with Crippen LogP contribution in [0, 0.1) is 11.3 Å². The Labute approximate surface area is 114 Å². The molecule has 0 atom stereocenters. The molecule has 1 N–H and O–H groups in total. The maximum Gasteiger partial charge on any atom is 0.417 e. The molecule has 0 aliphatic rings. The summed E-state index contributed by atoms with van der Waals surface area (Å²) in [4.78, 5) is 0. The predicted molar refractivity (Wildman–Crippen MR) is 69.9 cm³/mol. The minimum absolute atomic E-state index is 0.379. The van der Waals surface area contributed by atoms with Gasteiger partial charge in [-0.1, -0.05) is 30.3 Å².